The molecule has 1 aliphatic carbocycles. The second-order valence-electron chi connectivity index (χ2n) is 5.58. The van der Waals surface area contributed by atoms with Crippen molar-refractivity contribution < 1.29 is 0 Å². The Labute approximate surface area is 131 Å². The van der Waals surface area contributed by atoms with Crippen LogP contribution in [0.15, 0.2) is 60.0 Å². The van der Waals surface area contributed by atoms with Crippen LogP contribution in [0.2, 0.25) is 0 Å². The summed E-state index contributed by atoms with van der Waals surface area (Å²) in [6.07, 6.45) is 8.14. The molecule has 2 aromatic rings. The van der Waals surface area contributed by atoms with Gasteiger partial charge in [0.25, 0.3) is 0 Å². The fourth-order valence-corrected chi connectivity index (χ4v) is 2.86. The molecule has 0 spiro atoms. The van der Waals surface area contributed by atoms with Crippen molar-refractivity contribution in [1.29, 1.82) is 5.26 Å². The van der Waals surface area contributed by atoms with Crippen molar-refractivity contribution in [2.45, 2.75) is 19.4 Å². The van der Waals surface area contributed by atoms with E-state index < -0.39 is 0 Å². The molecule has 0 aliphatic heterocycles. The third-order valence-corrected chi connectivity index (χ3v) is 3.97. The van der Waals surface area contributed by atoms with E-state index in [2.05, 4.69) is 29.4 Å². The van der Waals surface area contributed by atoms with Crippen molar-refractivity contribution in [3.05, 3.63) is 65.5 Å². The van der Waals surface area contributed by atoms with Crippen molar-refractivity contribution in [1.82, 2.24) is 4.57 Å². The average Bonchev–Trinajstić information content (AvgIpc) is 2.83. The van der Waals surface area contributed by atoms with Crippen LogP contribution in [0, 0.1) is 11.3 Å². The SMILES string of the molecule is [B]c1cn(CC2=CC(C(=C)N)=CCC2)c2ccc(C#N)cc12. The Morgan fingerprint density at radius 3 is 3.00 bits per heavy atom. The molecule has 22 heavy (non-hydrogen) atoms. The van der Waals surface area contributed by atoms with Crippen LogP contribution in [0.3, 0.4) is 0 Å². The topological polar surface area (TPSA) is 54.7 Å². The summed E-state index contributed by atoms with van der Waals surface area (Å²) in [5, 5.41) is 9.93. The van der Waals surface area contributed by atoms with Crippen LogP contribution < -0.4 is 11.2 Å². The number of nitrogens with two attached hydrogens (primary N) is 1. The lowest BCUT2D eigenvalue weighted by atomic mass is 9.95. The molecular weight excluding hydrogens is 269 g/mol. The van der Waals surface area contributed by atoms with E-state index in [1.807, 2.05) is 24.4 Å². The minimum Gasteiger partial charge on any atom is -0.399 e. The molecule has 2 N–H and O–H groups in total. The van der Waals surface area contributed by atoms with Crippen LogP contribution >= 0.6 is 0 Å². The zero-order chi connectivity index (χ0) is 15.7. The summed E-state index contributed by atoms with van der Waals surface area (Å²) < 4.78 is 2.12. The zero-order valence-corrected chi connectivity index (χ0v) is 12.3. The van der Waals surface area contributed by atoms with Crippen LogP contribution in [0.25, 0.3) is 10.9 Å². The number of benzene rings is 1. The van der Waals surface area contributed by atoms with E-state index in [1.54, 1.807) is 0 Å². The summed E-state index contributed by atoms with van der Waals surface area (Å²) >= 11 is 0. The highest BCUT2D eigenvalue weighted by Gasteiger charge is 2.10. The second-order valence-corrected chi connectivity index (χ2v) is 5.58. The molecule has 1 aromatic heterocycles. The molecule has 4 heteroatoms. The molecule has 0 amide bonds. The summed E-state index contributed by atoms with van der Waals surface area (Å²) in [5.74, 6) is 0. The van der Waals surface area contributed by atoms with Crippen LogP contribution in [-0.4, -0.2) is 12.4 Å². The lowest BCUT2D eigenvalue weighted by Crippen LogP contribution is -2.06. The molecule has 3 rings (SSSR count). The lowest BCUT2D eigenvalue weighted by Gasteiger charge is -2.15. The summed E-state index contributed by atoms with van der Waals surface area (Å²) in [6.45, 7) is 4.57. The van der Waals surface area contributed by atoms with Gasteiger partial charge in [0, 0.05) is 17.8 Å². The first kappa shape index (κ1) is 14.3. The van der Waals surface area contributed by atoms with Gasteiger partial charge in [-0.1, -0.05) is 24.2 Å². The molecule has 1 aliphatic rings. The quantitative estimate of drug-likeness (QED) is 0.880. The zero-order valence-electron chi connectivity index (χ0n) is 12.3. The number of hydrogen-bond acceptors (Lipinski definition) is 2. The first-order valence-electron chi connectivity index (χ1n) is 7.21. The van der Waals surface area contributed by atoms with Crippen molar-refractivity contribution in [2.24, 2.45) is 5.73 Å². The van der Waals surface area contributed by atoms with Gasteiger partial charge in [-0.3, -0.25) is 0 Å². The number of rotatable bonds is 3. The fourth-order valence-electron chi connectivity index (χ4n) is 2.86. The van der Waals surface area contributed by atoms with E-state index in [-0.39, 0.29) is 0 Å². The van der Waals surface area contributed by atoms with Gasteiger partial charge in [0.15, 0.2) is 0 Å². The summed E-state index contributed by atoms with van der Waals surface area (Å²) in [4.78, 5) is 0. The number of fused-ring (bicyclic) bond motifs is 1. The molecule has 0 saturated carbocycles. The highest BCUT2D eigenvalue weighted by atomic mass is 15.0. The lowest BCUT2D eigenvalue weighted by molar-refractivity contribution is 0.760. The van der Waals surface area contributed by atoms with Crippen molar-refractivity contribution in [2.75, 3.05) is 0 Å². The number of nitriles is 1. The largest absolute Gasteiger partial charge is 0.399 e. The van der Waals surface area contributed by atoms with Gasteiger partial charge >= 0.3 is 0 Å². The van der Waals surface area contributed by atoms with Crippen molar-refractivity contribution in [3.63, 3.8) is 0 Å². The number of hydrogen-bond donors (Lipinski definition) is 1. The first-order valence-corrected chi connectivity index (χ1v) is 7.21. The summed E-state index contributed by atoms with van der Waals surface area (Å²) in [5.41, 5.74) is 11.1. The molecule has 1 heterocycles. The van der Waals surface area contributed by atoms with Gasteiger partial charge in [0.05, 0.1) is 11.6 Å². The molecule has 0 unspecified atom stereocenters. The van der Waals surface area contributed by atoms with Crippen LogP contribution in [-0.2, 0) is 6.54 Å². The first-order chi connectivity index (χ1) is 10.6. The van der Waals surface area contributed by atoms with E-state index in [0.29, 0.717) is 16.7 Å². The fraction of sp³-hybridized carbons (Fsp3) is 0.167. The monoisotopic (exact) mass is 285 g/mol. The minimum atomic E-state index is 0.604. The number of allylic oxidation sites excluding steroid dienone is 3. The van der Waals surface area contributed by atoms with E-state index in [9.17, 15) is 0 Å². The molecule has 2 radical (unpaired) electrons. The van der Waals surface area contributed by atoms with E-state index in [1.165, 1.54) is 5.57 Å². The molecule has 3 nitrogen and oxygen atoms in total. The van der Waals surface area contributed by atoms with Gasteiger partial charge in [-0.15, -0.1) is 0 Å². The van der Waals surface area contributed by atoms with Gasteiger partial charge < -0.3 is 10.3 Å². The van der Waals surface area contributed by atoms with E-state index in [4.69, 9.17) is 18.8 Å². The average molecular weight is 285 g/mol. The maximum atomic E-state index is 9.00. The van der Waals surface area contributed by atoms with Crippen molar-refractivity contribution in [3.8, 4) is 6.07 Å². The smallest absolute Gasteiger partial charge is 0.116 e. The Bertz CT molecular complexity index is 862. The predicted molar refractivity (Wildman–Crippen MR) is 90.8 cm³/mol. The van der Waals surface area contributed by atoms with E-state index in [0.717, 1.165) is 35.9 Å². The summed E-state index contributed by atoms with van der Waals surface area (Å²) in [6, 6.07) is 7.76. The maximum absolute atomic E-state index is 9.00. The normalized spacial score (nSPS) is 14.3. The third kappa shape index (κ3) is 2.58. The molecule has 0 saturated heterocycles. The Hall–Kier alpha value is -2.67. The molecule has 0 bridgehead atoms. The highest BCUT2D eigenvalue weighted by molar-refractivity contribution is 6.38. The Morgan fingerprint density at radius 2 is 2.27 bits per heavy atom. The number of nitrogens with zero attached hydrogens (tertiary/aromatic N) is 2. The van der Waals surface area contributed by atoms with Crippen molar-refractivity contribution >= 4 is 24.2 Å². The van der Waals surface area contributed by atoms with Gasteiger partial charge in [-0.2, -0.15) is 5.26 Å². The Balaban J connectivity index is 1.97. The van der Waals surface area contributed by atoms with Crippen LogP contribution in [0.1, 0.15) is 18.4 Å². The Morgan fingerprint density at radius 1 is 1.45 bits per heavy atom. The third-order valence-electron chi connectivity index (χ3n) is 3.97. The van der Waals surface area contributed by atoms with Gasteiger partial charge in [-0.25, -0.2) is 0 Å². The van der Waals surface area contributed by atoms with Crippen LogP contribution in [0.4, 0.5) is 0 Å². The molecular formula is C18H16BN3. The molecule has 0 fully saturated rings. The summed E-state index contributed by atoms with van der Waals surface area (Å²) in [7, 11) is 6.09. The molecule has 0 atom stereocenters. The standard InChI is InChI=1S/C18H16BN3/c1-12(21)15-4-2-3-14(7-15)10-22-11-17(19)16-8-13(9-20)5-6-18(16)22/h4-8,11H,1-3,10,21H2. The van der Waals surface area contributed by atoms with Gasteiger partial charge in [0.2, 0.25) is 0 Å². The maximum Gasteiger partial charge on any atom is 0.116 e. The number of aromatic nitrogens is 1. The highest BCUT2D eigenvalue weighted by Crippen LogP contribution is 2.23. The minimum absolute atomic E-state index is 0.604. The Kier molecular flexibility index (Phi) is 3.64. The van der Waals surface area contributed by atoms with Gasteiger partial charge in [-0.05, 0) is 53.8 Å². The van der Waals surface area contributed by atoms with Crippen LogP contribution in [0.5, 0.6) is 0 Å². The second kappa shape index (κ2) is 5.61. The molecule has 106 valence electrons. The van der Waals surface area contributed by atoms with Gasteiger partial charge in [0.1, 0.15) is 7.85 Å². The predicted octanol–water partition coefficient (Wildman–Crippen LogP) is 2.43. The molecule has 1 aromatic carbocycles. The van der Waals surface area contributed by atoms with E-state index >= 15 is 0 Å².